The highest BCUT2D eigenvalue weighted by molar-refractivity contribution is 5.96. The average molecular weight is 271 g/mol. The number of nitrogens with one attached hydrogen (secondary N) is 2. The van der Waals surface area contributed by atoms with E-state index in [1.165, 1.54) is 18.3 Å². The van der Waals surface area contributed by atoms with Crippen LogP contribution in [0.15, 0.2) is 42.6 Å². The highest BCUT2D eigenvalue weighted by Gasteiger charge is 2.25. The van der Waals surface area contributed by atoms with Crippen LogP contribution in [0.25, 0.3) is 0 Å². The molecule has 0 radical (unpaired) electrons. The van der Waals surface area contributed by atoms with Gasteiger partial charge in [0.05, 0.1) is 17.8 Å². The van der Waals surface area contributed by atoms with Gasteiger partial charge in [0.25, 0.3) is 0 Å². The number of hydrogen-bond acceptors (Lipinski definition) is 3. The van der Waals surface area contributed by atoms with Crippen LogP contribution in [0.1, 0.15) is 17.0 Å². The maximum absolute atomic E-state index is 12.7. The van der Waals surface area contributed by atoms with Crippen LogP contribution in [0.2, 0.25) is 0 Å². The second-order valence-electron chi connectivity index (χ2n) is 4.74. The van der Waals surface area contributed by atoms with Gasteiger partial charge in [-0.05, 0) is 23.3 Å². The van der Waals surface area contributed by atoms with Crippen molar-refractivity contribution in [2.45, 2.75) is 12.5 Å². The molecule has 1 aromatic carbocycles. The van der Waals surface area contributed by atoms with Gasteiger partial charge < -0.3 is 10.6 Å². The molecule has 1 unspecified atom stereocenters. The average Bonchev–Trinajstić information content (AvgIpc) is 2.49. The van der Waals surface area contributed by atoms with E-state index < -0.39 is 5.95 Å². The van der Waals surface area contributed by atoms with Crippen molar-refractivity contribution in [3.63, 3.8) is 0 Å². The first-order valence-electron chi connectivity index (χ1n) is 6.45. The molecule has 0 bridgehead atoms. The number of amides is 1. The number of anilines is 1. The van der Waals surface area contributed by atoms with Gasteiger partial charge in [-0.15, -0.1) is 0 Å². The van der Waals surface area contributed by atoms with E-state index in [9.17, 15) is 9.18 Å². The van der Waals surface area contributed by atoms with Gasteiger partial charge in [-0.1, -0.05) is 24.3 Å². The fourth-order valence-corrected chi connectivity index (χ4v) is 2.41. The van der Waals surface area contributed by atoms with Gasteiger partial charge in [0.2, 0.25) is 11.9 Å². The van der Waals surface area contributed by atoms with Gasteiger partial charge in [0.1, 0.15) is 0 Å². The van der Waals surface area contributed by atoms with E-state index in [1.54, 1.807) is 0 Å². The predicted molar refractivity (Wildman–Crippen MR) is 73.7 cm³/mol. The normalized spacial score (nSPS) is 17.4. The topological polar surface area (TPSA) is 54.0 Å². The van der Waals surface area contributed by atoms with Crippen molar-refractivity contribution < 1.29 is 9.18 Å². The van der Waals surface area contributed by atoms with Crippen molar-refractivity contribution in [1.82, 2.24) is 10.3 Å². The van der Waals surface area contributed by atoms with E-state index in [-0.39, 0.29) is 11.8 Å². The van der Waals surface area contributed by atoms with E-state index in [1.807, 2.05) is 24.3 Å². The lowest BCUT2D eigenvalue weighted by atomic mass is 9.90. The molecular weight excluding hydrogens is 257 g/mol. The standard InChI is InChI=1S/C15H14FN3O/c16-14-6-5-11(8-18-14)19-15(20)13-9-17-7-10-3-1-2-4-12(10)13/h1-6,8,13,17H,7,9H2,(H,19,20). The maximum atomic E-state index is 12.7. The number of fused-ring (bicyclic) bond motifs is 1. The van der Waals surface area contributed by atoms with Crippen LogP contribution in [0, 0.1) is 5.95 Å². The quantitative estimate of drug-likeness (QED) is 0.822. The molecule has 0 fully saturated rings. The summed E-state index contributed by atoms with van der Waals surface area (Å²) in [7, 11) is 0. The smallest absolute Gasteiger partial charge is 0.233 e. The van der Waals surface area contributed by atoms with E-state index >= 15 is 0 Å². The number of rotatable bonds is 2. The van der Waals surface area contributed by atoms with Crippen molar-refractivity contribution in [1.29, 1.82) is 0 Å². The summed E-state index contributed by atoms with van der Waals surface area (Å²) in [5.74, 6) is -0.921. The zero-order valence-electron chi connectivity index (χ0n) is 10.8. The Kier molecular flexibility index (Phi) is 3.43. The Morgan fingerprint density at radius 1 is 1.30 bits per heavy atom. The molecule has 1 aromatic heterocycles. The lowest BCUT2D eigenvalue weighted by molar-refractivity contribution is -0.117. The summed E-state index contributed by atoms with van der Waals surface area (Å²) in [6.45, 7) is 1.37. The summed E-state index contributed by atoms with van der Waals surface area (Å²) in [6, 6.07) is 10.6. The first-order valence-corrected chi connectivity index (χ1v) is 6.45. The van der Waals surface area contributed by atoms with Crippen LogP contribution in [-0.4, -0.2) is 17.4 Å². The molecule has 4 nitrogen and oxygen atoms in total. The van der Waals surface area contributed by atoms with E-state index in [0.29, 0.717) is 12.2 Å². The summed E-state index contributed by atoms with van der Waals surface area (Å²) in [5.41, 5.74) is 2.68. The molecule has 0 aliphatic carbocycles. The van der Waals surface area contributed by atoms with E-state index in [0.717, 1.165) is 17.7 Å². The van der Waals surface area contributed by atoms with Gasteiger partial charge in [0, 0.05) is 13.1 Å². The second-order valence-corrected chi connectivity index (χ2v) is 4.74. The molecule has 102 valence electrons. The molecule has 2 aromatic rings. The number of carbonyl (C=O) groups excluding carboxylic acids is 1. The molecule has 5 heteroatoms. The molecule has 3 rings (SSSR count). The first-order chi connectivity index (χ1) is 9.74. The number of nitrogens with zero attached hydrogens (tertiary/aromatic N) is 1. The minimum Gasteiger partial charge on any atom is -0.324 e. The fraction of sp³-hybridized carbons (Fsp3) is 0.200. The Bertz CT molecular complexity index is 627. The largest absolute Gasteiger partial charge is 0.324 e. The highest BCUT2D eigenvalue weighted by atomic mass is 19.1. The summed E-state index contributed by atoms with van der Waals surface area (Å²) in [5, 5.41) is 6.00. The van der Waals surface area contributed by atoms with Crippen LogP contribution in [-0.2, 0) is 11.3 Å². The Hall–Kier alpha value is -2.27. The molecule has 2 N–H and O–H groups in total. The van der Waals surface area contributed by atoms with E-state index in [2.05, 4.69) is 15.6 Å². The Morgan fingerprint density at radius 2 is 2.15 bits per heavy atom. The fourth-order valence-electron chi connectivity index (χ4n) is 2.41. The molecule has 2 heterocycles. The van der Waals surface area contributed by atoms with Crippen LogP contribution < -0.4 is 10.6 Å². The number of pyridine rings is 1. The van der Waals surface area contributed by atoms with Crippen molar-refractivity contribution in [2.75, 3.05) is 11.9 Å². The van der Waals surface area contributed by atoms with Crippen molar-refractivity contribution in [3.05, 3.63) is 59.7 Å². The molecule has 1 aliphatic rings. The monoisotopic (exact) mass is 271 g/mol. The molecule has 1 aliphatic heterocycles. The third kappa shape index (κ3) is 2.53. The van der Waals surface area contributed by atoms with Gasteiger partial charge in [-0.2, -0.15) is 4.39 Å². The van der Waals surface area contributed by atoms with Crippen LogP contribution >= 0.6 is 0 Å². The minimum atomic E-state index is -0.562. The van der Waals surface area contributed by atoms with Gasteiger partial charge in [-0.25, -0.2) is 4.98 Å². The van der Waals surface area contributed by atoms with Gasteiger partial charge >= 0.3 is 0 Å². The lowest BCUT2D eigenvalue weighted by Crippen LogP contribution is -2.35. The molecule has 0 spiro atoms. The zero-order valence-corrected chi connectivity index (χ0v) is 10.8. The lowest BCUT2D eigenvalue weighted by Gasteiger charge is -2.25. The first kappa shape index (κ1) is 12.7. The van der Waals surface area contributed by atoms with Crippen molar-refractivity contribution in [3.8, 4) is 0 Å². The molecule has 1 amide bonds. The highest BCUT2D eigenvalue weighted by Crippen LogP contribution is 2.25. The Balaban J connectivity index is 1.80. The molecule has 1 atom stereocenters. The van der Waals surface area contributed by atoms with Gasteiger partial charge in [-0.3, -0.25) is 4.79 Å². The third-order valence-electron chi connectivity index (χ3n) is 3.41. The number of benzene rings is 1. The van der Waals surface area contributed by atoms with Crippen LogP contribution in [0.4, 0.5) is 10.1 Å². The number of hydrogen-bond donors (Lipinski definition) is 2. The van der Waals surface area contributed by atoms with Crippen molar-refractivity contribution in [2.24, 2.45) is 0 Å². The molecule has 0 saturated carbocycles. The number of carbonyl (C=O) groups is 1. The summed E-state index contributed by atoms with van der Waals surface area (Å²) in [6.07, 6.45) is 1.31. The minimum absolute atomic E-state index is 0.113. The third-order valence-corrected chi connectivity index (χ3v) is 3.41. The van der Waals surface area contributed by atoms with Crippen molar-refractivity contribution >= 4 is 11.6 Å². The van der Waals surface area contributed by atoms with E-state index in [4.69, 9.17) is 0 Å². The van der Waals surface area contributed by atoms with Gasteiger partial charge in [0.15, 0.2) is 0 Å². The maximum Gasteiger partial charge on any atom is 0.233 e. The Morgan fingerprint density at radius 3 is 2.95 bits per heavy atom. The summed E-state index contributed by atoms with van der Waals surface area (Å²) >= 11 is 0. The second kappa shape index (κ2) is 5.38. The van der Waals surface area contributed by atoms with Crippen LogP contribution in [0.5, 0.6) is 0 Å². The zero-order chi connectivity index (χ0) is 13.9. The SMILES string of the molecule is O=C(Nc1ccc(F)nc1)C1CNCc2ccccc21. The predicted octanol–water partition coefficient (Wildman–Crippen LogP) is 2.05. The molecular formula is C15H14FN3O. The molecule has 20 heavy (non-hydrogen) atoms. The number of aromatic nitrogens is 1. The number of halogens is 1. The van der Waals surface area contributed by atoms with Crippen LogP contribution in [0.3, 0.4) is 0 Å². The summed E-state index contributed by atoms with van der Waals surface area (Å²) in [4.78, 5) is 15.9. The summed E-state index contributed by atoms with van der Waals surface area (Å²) < 4.78 is 12.7. The molecule has 0 saturated heterocycles. The Labute approximate surface area is 116 Å².